The number of nitrogens with zero attached hydrogens (tertiary/aromatic N) is 1. The van der Waals surface area contributed by atoms with Crippen LogP contribution in [0.1, 0.15) is 16.8 Å². The second kappa shape index (κ2) is 5.90. The fourth-order valence-electron chi connectivity index (χ4n) is 2.24. The summed E-state index contributed by atoms with van der Waals surface area (Å²) in [6.07, 6.45) is 0.501. The van der Waals surface area contributed by atoms with Crippen molar-refractivity contribution in [2.24, 2.45) is 0 Å². The van der Waals surface area contributed by atoms with Gasteiger partial charge in [-0.1, -0.05) is 0 Å². The molecule has 2 aliphatic rings. The number of rotatable bonds is 4. The maximum atomic E-state index is 12.0. The van der Waals surface area contributed by atoms with Crippen LogP contribution in [-0.4, -0.2) is 49.9 Å². The number of nitrogens with one attached hydrogen (secondary N) is 1. The second-order valence-corrected chi connectivity index (χ2v) is 4.78. The van der Waals surface area contributed by atoms with Crippen molar-refractivity contribution >= 4 is 12.0 Å². The van der Waals surface area contributed by atoms with E-state index >= 15 is 0 Å². The summed E-state index contributed by atoms with van der Waals surface area (Å²) in [6, 6.07) is 5.03. The molecule has 0 saturated carbocycles. The Bertz CT molecular complexity index is 560. The summed E-state index contributed by atoms with van der Waals surface area (Å²) >= 11 is 0. The van der Waals surface area contributed by atoms with Gasteiger partial charge in [0.25, 0.3) is 5.91 Å². The standard InChI is InChI=1S/C14H16N2O5/c17-13(10-2-3-11-12(8-10)21-9-20-11)15-4-6-16-5-1-7-19-14(16)18/h2-3,8H,1,4-7,9H2,(H,15,17). The van der Waals surface area contributed by atoms with Crippen LogP contribution in [0.2, 0.25) is 0 Å². The molecule has 0 radical (unpaired) electrons. The molecule has 0 atom stereocenters. The van der Waals surface area contributed by atoms with E-state index in [4.69, 9.17) is 14.2 Å². The van der Waals surface area contributed by atoms with Crippen LogP contribution >= 0.6 is 0 Å². The highest BCUT2D eigenvalue weighted by molar-refractivity contribution is 5.94. The monoisotopic (exact) mass is 292 g/mol. The van der Waals surface area contributed by atoms with Crippen molar-refractivity contribution in [1.29, 1.82) is 0 Å². The lowest BCUT2D eigenvalue weighted by atomic mass is 10.2. The fourth-order valence-corrected chi connectivity index (χ4v) is 2.24. The normalized spacial score (nSPS) is 16.6. The van der Waals surface area contributed by atoms with E-state index in [-0.39, 0.29) is 18.8 Å². The molecule has 2 heterocycles. The van der Waals surface area contributed by atoms with E-state index < -0.39 is 0 Å². The number of carbonyl (C=O) groups excluding carboxylic acids is 2. The largest absolute Gasteiger partial charge is 0.454 e. The van der Waals surface area contributed by atoms with Crippen molar-refractivity contribution in [3.05, 3.63) is 23.8 Å². The highest BCUT2D eigenvalue weighted by Crippen LogP contribution is 2.32. The molecule has 0 unspecified atom stereocenters. The molecular formula is C14H16N2O5. The molecule has 0 aliphatic carbocycles. The van der Waals surface area contributed by atoms with Crippen LogP contribution in [0.15, 0.2) is 18.2 Å². The molecule has 1 saturated heterocycles. The Labute approximate surface area is 121 Å². The third-order valence-corrected chi connectivity index (χ3v) is 3.36. The first kappa shape index (κ1) is 13.5. The van der Waals surface area contributed by atoms with Gasteiger partial charge >= 0.3 is 6.09 Å². The zero-order chi connectivity index (χ0) is 14.7. The van der Waals surface area contributed by atoms with Crippen molar-refractivity contribution < 1.29 is 23.8 Å². The van der Waals surface area contributed by atoms with E-state index in [1.807, 2.05) is 0 Å². The van der Waals surface area contributed by atoms with Crippen molar-refractivity contribution in [2.45, 2.75) is 6.42 Å². The molecule has 0 spiro atoms. The second-order valence-electron chi connectivity index (χ2n) is 4.78. The molecule has 0 bridgehead atoms. The van der Waals surface area contributed by atoms with Gasteiger partial charge in [-0.15, -0.1) is 0 Å². The third kappa shape index (κ3) is 3.01. The topological polar surface area (TPSA) is 77.1 Å². The number of amides is 2. The van der Waals surface area contributed by atoms with Gasteiger partial charge in [0.05, 0.1) is 6.61 Å². The summed E-state index contributed by atoms with van der Waals surface area (Å²) < 4.78 is 15.4. The number of hydrogen-bond acceptors (Lipinski definition) is 5. The minimum atomic E-state index is -0.321. The maximum Gasteiger partial charge on any atom is 0.409 e. The molecule has 1 fully saturated rings. The van der Waals surface area contributed by atoms with E-state index in [1.54, 1.807) is 23.1 Å². The van der Waals surface area contributed by atoms with Gasteiger partial charge in [-0.3, -0.25) is 4.79 Å². The average Bonchev–Trinajstić information content (AvgIpc) is 2.96. The first-order chi connectivity index (χ1) is 10.2. The average molecular weight is 292 g/mol. The Morgan fingerprint density at radius 3 is 2.95 bits per heavy atom. The van der Waals surface area contributed by atoms with Crippen molar-refractivity contribution in [2.75, 3.05) is 33.0 Å². The van der Waals surface area contributed by atoms with E-state index in [9.17, 15) is 9.59 Å². The Hall–Kier alpha value is -2.44. The van der Waals surface area contributed by atoms with Gasteiger partial charge in [0, 0.05) is 25.2 Å². The Morgan fingerprint density at radius 1 is 1.24 bits per heavy atom. The number of fused-ring (bicyclic) bond motifs is 1. The van der Waals surface area contributed by atoms with E-state index in [2.05, 4.69) is 5.32 Å². The zero-order valence-electron chi connectivity index (χ0n) is 11.5. The van der Waals surface area contributed by atoms with Crippen molar-refractivity contribution in [1.82, 2.24) is 10.2 Å². The van der Waals surface area contributed by atoms with Crippen LogP contribution in [-0.2, 0) is 4.74 Å². The van der Waals surface area contributed by atoms with Crippen LogP contribution in [0.25, 0.3) is 0 Å². The number of ether oxygens (including phenoxy) is 3. The first-order valence-electron chi connectivity index (χ1n) is 6.83. The molecule has 112 valence electrons. The van der Waals surface area contributed by atoms with Gasteiger partial charge in [0.15, 0.2) is 11.5 Å². The molecule has 1 aromatic rings. The van der Waals surface area contributed by atoms with Gasteiger partial charge in [-0.05, 0) is 24.6 Å². The SMILES string of the molecule is O=C(NCCN1CCCOC1=O)c1ccc2c(c1)OCO2. The lowest BCUT2D eigenvalue weighted by Crippen LogP contribution is -2.42. The quantitative estimate of drug-likeness (QED) is 0.895. The molecule has 1 N–H and O–H groups in total. The minimum Gasteiger partial charge on any atom is -0.454 e. The summed E-state index contributed by atoms with van der Waals surface area (Å²) in [5, 5.41) is 2.77. The first-order valence-corrected chi connectivity index (χ1v) is 6.83. The molecule has 21 heavy (non-hydrogen) atoms. The zero-order valence-corrected chi connectivity index (χ0v) is 11.5. The highest BCUT2D eigenvalue weighted by atomic mass is 16.7. The van der Waals surface area contributed by atoms with Crippen molar-refractivity contribution in [3.8, 4) is 11.5 Å². The molecule has 7 nitrogen and oxygen atoms in total. The number of carbonyl (C=O) groups is 2. The van der Waals surface area contributed by atoms with E-state index in [1.165, 1.54) is 0 Å². The lowest BCUT2D eigenvalue weighted by Gasteiger charge is -2.26. The van der Waals surface area contributed by atoms with Gasteiger partial charge in [0.2, 0.25) is 6.79 Å². The van der Waals surface area contributed by atoms with Crippen LogP contribution in [0.3, 0.4) is 0 Å². The Kier molecular flexibility index (Phi) is 3.81. The lowest BCUT2D eigenvalue weighted by molar-refractivity contribution is 0.0719. The van der Waals surface area contributed by atoms with Crippen LogP contribution < -0.4 is 14.8 Å². The maximum absolute atomic E-state index is 12.0. The Morgan fingerprint density at radius 2 is 2.10 bits per heavy atom. The third-order valence-electron chi connectivity index (χ3n) is 3.36. The minimum absolute atomic E-state index is 0.178. The summed E-state index contributed by atoms with van der Waals surface area (Å²) in [5.41, 5.74) is 0.500. The van der Waals surface area contributed by atoms with Gasteiger partial charge in [-0.25, -0.2) is 4.79 Å². The number of benzene rings is 1. The smallest absolute Gasteiger partial charge is 0.409 e. The number of cyclic esters (lactones) is 1. The molecule has 2 aliphatic heterocycles. The molecule has 3 rings (SSSR count). The molecule has 2 amide bonds. The molecular weight excluding hydrogens is 276 g/mol. The van der Waals surface area contributed by atoms with Gasteiger partial charge < -0.3 is 24.4 Å². The predicted molar refractivity (Wildman–Crippen MR) is 72.4 cm³/mol. The Balaban J connectivity index is 1.51. The summed E-state index contributed by atoms with van der Waals surface area (Å²) in [4.78, 5) is 25.0. The molecule has 0 aromatic heterocycles. The summed E-state index contributed by atoms with van der Waals surface area (Å²) in [6.45, 7) is 2.13. The highest BCUT2D eigenvalue weighted by Gasteiger charge is 2.20. The van der Waals surface area contributed by atoms with Gasteiger partial charge in [0.1, 0.15) is 0 Å². The van der Waals surface area contributed by atoms with Crippen LogP contribution in [0.4, 0.5) is 4.79 Å². The van der Waals surface area contributed by atoms with Gasteiger partial charge in [-0.2, -0.15) is 0 Å². The number of hydrogen-bond donors (Lipinski definition) is 1. The summed E-state index contributed by atoms with van der Waals surface area (Å²) in [7, 11) is 0. The summed E-state index contributed by atoms with van der Waals surface area (Å²) in [5.74, 6) is 1.00. The van der Waals surface area contributed by atoms with Crippen molar-refractivity contribution in [3.63, 3.8) is 0 Å². The molecule has 7 heteroatoms. The van der Waals surface area contributed by atoms with E-state index in [0.29, 0.717) is 43.3 Å². The predicted octanol–water partition coefficient (Wildman–Crippen LogP) is 0.987. The van der Waals surface area contributed by atoms with Crippen LogP contribution in [0.5, 0.6) is 11.5 Å². The molecule has 1 aromatic carbocycles. The fraction of sp³-hybridized carbons (Fsp3) is 0.429. The van der Waals surface area contributed by atoms with E-state index in [0.717, 1.165) is 6.42 Å². The van der Waals surface area contributed by atoms with Crippen LogP contribution in [0, 0.1) is 0 Å².